The average Bonchev–Trinajstić information content (AvgIpc) is 2.99. The third kappa shape index (κ3) is 4.11. The van der Waals surface area contributed by atoms with Crippen molar-refractivity contribution in [2.75, 3.05) is 12.5 Å². The van der Waals surface area contributed by atoms with Crippen molar-refractivity contribution in [3.05, 3.63) is 46.4 Å². The molecule has 0 atom stereocenters. The first-order chi connectivity index (χ1) is 12.1. The molecule has 0 aliphatic rings. The molecule has 0 radical (unpaired) electrons. The van der Waals surface area contributed by atoms with E-state index in [1.54, 1.807) is 13.3 Å². The molecule has 1 heterocycles. The quantitative estimate of drug-likeness (QED) is 0.467. The number of hydrogen-bond donors (Lipinski definition) is 2. The summed E-state index contributed by atoms with van der Waals surface area (Å²) in [6.07, 6.45) is 1.75. The normalized spacial score (nSPS) is 11.4. The summed E-state index contributed by atoms with van der Waals surface area (Å²) in [4.78, 5) is 7.56. The number of hydrogen-bond acceptors (Lipinski definition) is 5. The van der Waals surface area contributed by atoms with E-state index >= 15 is 0 Å². The van der Waals surface area contributed by atoms with Gasteiger partial charge in [-0.15, -0.1) is 0 Å². The van der Waals surface area contributed by atoms with Gasteiger partial charge in [0.1, 0.15) is 0 Å². The fourth-order valence-corrected chi connectivity index (χ4v) is 2.89. The van der Waals surface area contributed by atoms with E-state index in [0.717, 1.165) is 21.1 Å². The number of para-hydroxylation sites is 2. The van der Waals surface area contributed by atoms with Crippen molar-refractivity contribution in [1.29, 1.82) is 0 Å². The molecule has 0 spiro atoms. The molecule has 3 aromatic rings. The van der Waals surface area contributed by atoms with Crippen molar-refractivity contribution in [3.63, 3.8) is 0 Å². The summed E-state index contributed by atoms with van der Waals surface area (Å²) in [7, 11) is 1.61. The minimum absolute atomic E-state index is 0.0551. The van der Waals surface area contributed by atoms with Crippen LogP contribution in [0.3, 0.4) is 0 Å². The fraction of sp³-hybridized carbons (Fsp3) is 0.222. The van der Waals surface area contributed by atoms with Crippen molar-refractivity contribution in [1.82, 2.24) is 9.97 Å². The molecule has 2 N–H and O–H groups in total. The maximum absolute atomic E-state index is 5.78. The van der Waals surface area contributed by atoms with Gasteiger partial charge in [0.15, 0.2) is 11.5 Å². The number of ether oxygens (including phenoxy) is 2. The first kappa shape index (κ1) is 17.3. The number of anilines is 1. The lowest BCUT2D eigenvalue weighted by atomic mass is 10.2. The zero-order valence-electron chi connectivity index (χ0n) is 14.2. The lowest BCUT2D eigenvalue weighted by Crippen LogP contribution is -2.07. The minimum atomic E-state index is 0.0551. The molecule has 0 aliphatic carbocycles. The molecule has 0 aliphatic heterocycles. The number of aromatic amines is 1. The minimum Gasteiger partial charge on any atom is -0.493 e. The van der Waals surface area contributed by atoms with Gasteiger partial charge in [0.2, 0.25) is 5.95 Å². The zero-order valence-corrected chi connectivity index (χ0v) is 15.8. The molecular weight excluding hydrogens is 384 g/mol. The zero-order chi connectivity index (χ0) is 17.8. The number of halogens is 1. The molecule has 7 heteroatoms. The second kappa shape index (κ2) is 7.57. The summed E-state index contributed by atoms with van der Waals surface area (Å²) in [6.45, 7) is 3.94. The van der Waals surface area contributed by atoms with Crippen LogP contribution >= 0.6 is 15.9 Å². The van der Waals surface area contributed by atoms with E-state index in [1.165, 1.54) is 0 Å². The smallest absolute Gasteiger partial charge is 0.222 e. The predicted molar refractivity (Wildman–Crippen MR) is 104 cm³/mol. The number of rotatable bonds is 6. The summed E-state index contributed by atoms with van der Waals surface area (Å²) >= 11 is 3.52. The number of aromatic nitrogens is 2. The van der Waals surface area contributed by atoms with Crippen LogP contribution in [-0.4, -0.2) is 29.4 Å². The Bertz CT molecular complexity index is 872. The third-order valence-electron chi connectivity index (χ3n) is 3.38. The SMILES string of the molecule is COc1cc(/C=N\Nc2nc3ccccc3[nH]2)cc(Br)c1OC(C)C. The Morgan fingerprint density at radius 2 is 2.08 bits per heavy atom. The van der Waals surface area contributed by atoms with Crippen LogP contribution in [0.1, 0.15) is 19.4 Å². The molecule has 0 saturated heterocycles. The van der Waals surface area contributed by atoms with E-state index in [2.05, 4.69) is 36.4 Å². The summed E-state index contributed by atoms with van der Waals surface area (Å²) in [5.74, 6) is 1.91. The number of benzene rings is 2. The van der Waals surface area contributed by atoms with Crippen LogP contribution in [0.5, 0.6) is 11.5 Å². The van der Waals surface area contributed by atoms with E-state index in [9.17, 15) is 0 Å². The lowest BCUT2D eigenvalue weighted by Gasteiger charge is -2.15. The first-order valence-corrected chi connectivity index (χ1v) is 8.64. The van der Waals surface area contributed by atoms with Crippen LogP contribution in [-0.2, 0) is 0 Å². The highest BCUT2D eigenvalue weighted by molar-refractivity contribution is 9.10. The van der Waals surface area contributed by atoms with Crippen LogP contribution in [0.2, 0.25) is 0 Å². The van der Waals surface area contributed by atoms with E-state index in [-0.39, 0.29) is 6.10 Å². The van der Waals surface area contributed by atoms with Crippen LogP contribution in [0.15, 0.2) is 46.0 Å². The van der Waals surface area contributed by atoms with E-state index < -0.39 is 0 Å². The highest BCUT2D eigenvalue weighted by Gasteiger charge is 2.12. The number of nitrogens with one attached hydrogen (secondary N) is 2. The summed E-state index contributed by atoms with van der Waals surface area (Å²) in [5.41, 5.74) is 5.61. The van der Waals surface area contributed by atoms with Gasteiger partial charge in [0, 0.05) is 0 Å². The lowest BCUT2D eigenvalue weighted by molar-refractivity contribution is 0.228. The number of hydrazone groups is 1. The first-order valence-electron chi connectivity index (χ1n) is 7.85. The Labute approximate surface area is 154 Å². The van der Waals surface area contributed by atoms with Gasteiger partial charge < -0.3 is 14.5 Å². The Hall–Kier alpha value is -2.54. The van der Waals surface area contributed by atoms with Gasteiger partial charge in [-0.3, -0.25) is 0 Å². The van der Waals surface area contributed by atoms with Gasteiger partial charge in [-0.25, -0.2) is 10.4 Å². The Morgan fingerprint density at radius 1 is 1.28 bits per heavy atom. The number of fused-ring (bicyclic) bond motifs is 1. The van der Waals surface area contributed by atoms with Gasteiger partial charge in [-0.2, -0.15) is 5.10 Å². The third-order valence-corrected chi connectivity index (χ3v) is 3.97. The van der Waals surface area contributed by atoms with Crippen molar-refractivity contribution in [3.8, 4) is 11.5 Å². The van der Waals surface area contributed by atoms with Crippen molar-refractivity contribution in [2.45, 2.75) is 20.0 Å². The maximum atomic E-state index is 5.78. The molecule has 130 valence electrons. The Kier molecular flexibility index (Phi) is 5.23. The topological polar surface area (TPSA) is 71.5 Å². The van der Waals surface area contributed by atoms with Gasteiger partial charge in [0.25, 0.3) is 0 Å². The van der Waals surface area contributed by atoms with Crippen molar-refractivity contribution < 1.29 is 9.47 Å². The van der Waals surface area contributed by atoms with Gasteiger partial charge in [0.05, 0.1) is 34.9 Å². The van der Waals surface area contributed by atoms with E-state index in [1.807, 2.05) is 50.2 Å². The van der Waals surface area contributed by atoms with Crippen LogP contribution in [0.4, 0.5) is 5.95 Å². The van der Waals surface area contributed by atoms with Gasteiger partial charge in [-0.05, 0) is 59.6 Å². The van der Waals surface area contributed by atoms with E-state index in [0.29, 0.717) is 17.4 Å². The molecule has 0 amide bonds. The number of imidazole rings is 1. The molecular formula is C18H19BrN4O2. The molecule has 0 unspecified atom stereocenters. The summed E-state index contributed by atoms with van der Waals surface area (Å²) in [5, 5.41) is 4.23. The second-order valence-electron chi connectivity index (χ2n) is 5.67. The number of methoxy groups -OCH3 is 1. The highest BCUT2D eigenvalue weighted by Crippen LogP contribution is 2.37. The molecule has 0 bridgehead atoms. The molecule has 1 aromatic heterocycles. The molecule has 2 aromatic carbocycles. The van der Waals surface area contributed by atoms with Crippen molar-refractivity contribution >= 4 is 39.1 Å². The second-order valence-corrected chi connectivity index (χ2v) is 6.53. The molecule has 0 saturated carbocycles. The van der Waals surface area contributed by atoms with Crippen LogP contribution < -0.4 is 14.9 Å². The average molecular weight is 403 g/mol. The van der Waals surface area contributed by atoms with Gasteiger partial charge >= 0.3 is 0 Å². The fourth-order valence-electron chi connectivity index (χ4n) is 2.34. The molecule has 25 heavy (non-hydrogen) atoms. The monoisotopic (exact) mass is 402 g/mol. The van der Waals surface area contributed by atoms with Crippen LogP contribution in [0, 0.1) is 0 Å². The van der Waals surface area contributed by atoms with Crippen molar-refractivity contribution in [2.24, 2.45) is 5.10 Å². The number of H-pyrrole nitrogens is 1. The number of nitrogens with zero attached hydrogens (tertiary/aromatic N) is 2. The Morgan fingerprint density at radius 3 is 2.80 bits per heavy atom. The molecule has 3 rings (SSSR count). The maximum Gasteiger partial charge on any atom is 0.222 e. The molecule has 6 nitrogen and oxygen atoms in total. The standard InChI is InChI=1S/C18H19BrN4O2/c1-11(2)25-17-13(19)8-12(9-16(17)24-3)10-20-23-18-21-14-6-4-5-7-15(14)22-18/h4-11H,1-3H3,(H2,21,22,23)/b20-10-. The Balaban J connectivity index is 1.77. The largest absolute Gasteiger partial charge is 0.493 e. The van der Waals surface area contributed by atoms with Gasteiger partial charge in [-0.1, -0.05) is 12.1 Å². The predicted octanol–water partition coefficient (Wildman–Crippen LogP) is 4.57. The van der Waals surface area contributed by atoms with Crippen LogP contribution in [0.25, 0.3) is 11.0 Å². The highest BCUT2D eigenvalue weighted by atomic mass is 79.9. The summed E-state index contributed by atoms with van der Waals surface area (Å²) < 4.78 is 12.0. The molecule has 0 fully saturated rings. The van der Waals surface area contributed by atoms with E-state index in [4.69, 9.17) is 9.47 Å². The summed E-state index contributed by atoms with van der Waals surface area (Å²) in [6, 6.07) is 11.6.